The minimum atomic E-state index is -4.60. The maximum absolute atomic E-state index is 13.7. The third-order valence-electron chi connectivity index (χ3n) is 5.89. The van der Waals surface area contributed by atoms with Gasteiger partial charge in [-0.25, -0.2) is 15.0 Å². The van der Waals surface area contributed by atoms with Crippen molar-refractivity contribution in [3.63, 3.8) is 0 Å². The first-order valence-corrected chi connectivity index (χ1v) is 12.4. The van der Waals surface area contributed by atoms with Crippen molar-refractivity contribution in [2.45, 2.75) is 45.6 Å². The van der Waals surface area contributed by atoms with Crippen molar-refractivity contribution >= 4 is 22.4 Å². The number of hydrogen-bond acceptors (Lipinski definition) is 6. The van der Waals surface area contributed by atoms with Crippen LogP contribution in [0.15, 0.2) is 54.9 Å². The van der Waals surface area contributed by atoms with Crippen LogP contribution in [0.5, 0.6) is 0 Å². The van der Waals surface area contributed by atoms with Crippen LogP contribution in [0.1, 0.15) is 43.8 Å². The molecule has 3 aromatic heterocycles. The van der Waals surface area contributed by atoms with Crippen LogP contribution in [-0.2, 0) is 18.9 Å². The second-order valence-corrected chi connectivity index (χ2v) is 8.95. The Hall–Kier alpha value is -3.80. The van der Waals surface area contributed by atoms with E-state index in [1.54, 1.807) is 6.07 Å². The Kier molecular flexibility index (Phi) is 8.34. The van der Waals surface area contributed by atoms with Gasteiger partial charge in [0.15, 0.2) is 0 Å². The minimum Gasteiger partial charge on any atom is -0.338 e. The fourth-order valence-corrected chi connectivity index (χ4v) is 4.23. The molecule has 4 rings (SSSR count). The van der Waals surface area contributed by atoms with E-state index in [-0.39, 0.29) is 16.9 Å². The molecule has 1 aromatic carbocycles. The highest BCUT2D eigenvalue weighted by Crippen LogP contribution is 2.37. The molecule has 0 atom stereocenters. The summed E-state index contributed by atoms with van der Waals surface area (Å²) < 4.78 is 79.8. The lowest BCUT2D eigenvalue weighted by Crippen LogP contribution is -2.26. The van der Waals surface area contributed by atoms with E-state index in [4.69, 9.17) is 0 Å². The summed E-state index contributed by atoms with van der Waals surface area (Å²) in [5.41, 5.74) is -1.28. The molecule has 4 aromatic rings. The summed E-state index contributed by atoms with van der Waals surface area (Å²) in [6.07, 6.45) is -5.03. The zero-order valence-electron chi connectivity index (χ0n) is 21.2. The summed E-state index contributed by atoms with van der Waals surface area (Å²) in [5, 5.41) is 3.48. The van der Waals surface area contributed by atoms with Gasteiger partial charge in [0, 0.05) is 17.1 Å². The molecule has 0 radical (unpaired) electrons. The van der Waals surface area contributed by atoms with E-state index in [9.17, 15) is 26.3 Å². The third-order valence-corrected chi connectivity index (χ3v) is 5.89. The Morgan fingerprint density at radius 1 is 0.846 bits per heavy atom. The van der Waals surface area contributed by atoms with Crippen LogP contribution < -0.4 is 5.32 Å². The zero-order chi connectivity index (χ0) is 28.2. The Bertz CT molecular complexity index is 1410. The molecular formula is C27H26F6N6. The van der Waals surface area contributed by atoms with Gasteiger partial charge in [0.1, 0.15) is 17.3 Å². The van der Waals surface area contributed by atoms with Crippen LogP contribution >= 0.6 is 0 Å². The highest BCUT2D eigenvalue weighted by Gasteiger charge is 2.34. The van der Waals surface area contributed by atoms with E-state index in [0.717, 1.165) is 44.3 Å². The lowest BCUT2D eigenvalue weighted by Gasteiger charge is -2.21. The van der Waals surface area contributed by atoms with Crippen LogP contribution in [-0.4, -0.2) is 37.9 Å². The first-order valence-electron chi connectivity index (χ1n) is 12.4. The number of alkyl halides is 6. The molecule has 0 amide bonds. The Labute approximate surface area is 221 Å². The maximum atomic E-state index is 13.7. The molecule has 1 N–H and O–H groups in total. The number of nitrogens with zero attached hydrogens (tertiary/aromatic N) is 5. The summed E-state index contributed by atoms with van der Waals surface area (Å²) in [6.45, 7) is 6.07. The maximum Gasteiger partial charge on any atom is 0.433 e. The smallest absolute Gasteiger partial charge is 0.338 e. The van der Waals surface area contributed by atoms with Crippen LogP contribution in [0.25, 0.3) is 22.2 Å². The first kappa shape index (κ1) is 28.2. The van der Waals surface area contributed by atoms with E-state index >= 15 is 0 Å². The van der Waals surface area contributed by atoms with E-state index in [0.29, 0.717) is 29.1 Å². The van der Waals surface area contributed by atoms with Crippen molar-refractivity contribution < 1.29 is 26.3 Å². The second kappa shape index (κ2) is 11.5. The summed E-state index contributed by atoms with van der Waals surface area (Å²) in [4.78, 5) is 18.9. The minimum absolute atomic E-state index is 0.223. The largest absolute Gasteiger partial charge is 0.433 e. The van der Waals surface area contributed by atoms with Crippen molar-refractivity contribution in [2.75, 3.05) is 18.4 Å². The van der Waals surface area contributed by atoms with Crippen molar-refractivity contribution in [3.8, 4) is 11.3 Å². The van der Waals surface area contributed by atoms with Gasteiger partial charge in [-0.3, -0.25) is 9.88 Å². The molecule has 0 saturated heterocycles. The Balaban J connectivity index is 1.80. The van der Waals surface area contributed by atoms with Crippen LogP contribution in [0.3, 0.4) is 0 Å². The van der Waals surface area contributed by atoms with Gasteiger partial charge in [-0.05, 0) is 62.3 Å². The SMILES string of the molecule is CCCN(CCC)Cc1nc(Nc2ccc(C(F)(F)F)nc2)c2ccc(-c3ncccc3C(F)(F)F)cc2n1. The molecule has 3 heterocycles. The first-order chi connectivity index (χ1) is 18.5. The number of benzene rings is 1. The molecule has 0 saturated carbocycles. The van der Waals surface area contributed by atoms with Gasteiger partial charge in [-0.2, -0.15) is 26.3 Å². The number of pyridine rings is 2. The van der Waals surface area contributed by atoms with Gasteiger partial charge < -0.3 is 5.32 Å². The number of fused-ring (bicyclic) bond motifs is 1. The third kappa shape index (κ3) is 6.80. The molecule has 0 fully saturated rings. The summed E-state index contributed by atoms with van der Waals surface area (Å²) >= 11 is 0. The highest BCUT2D eigenvalue weighted by atomic mass is 19.4. The lowest BCUT2D eigenvalue weighted by atomic mass is 10.0. The molecular weight excluding hydrogens is 522 g/mol. The standard InChI is InChI=1S/C27H26F6N6/c1-3-12-39(13-4-2)16-23-37-21-14-17(24-20(26(28,29)30)6-5-11-34-24)7-9-19(21)25(38-23)36-18-8-10-22(35-15-18)27(31,32)33/h5-11,14-15H,3-4,12-13,16H2,1-2H3,(H,36,37,38). The van der Waals surface area contributed by atoms with Crippen molar-refractivity contribution in [3.05, 3.63) is 71.9 Å². The zero-order valence-corrected chi connectivity index (χ0v) is 21.2. The van der Waals surface area contributed by atoms with Gasteiger partial charge in [0.05, 0.1) is 35.2 Å². The average Bonchev–Trinajstić information content (AvgIpc) is 2.88. The fraction of sp³-hybridized carbons (Fsp3) is 0.333. The predicted octanol–water partition coefficient (Wildman–Crippen LogP) is 7.49. The second-order valence-electron chi connectivity index (χ2n) is 8.95. The Morgan fingerprint density at radius 3 is 2.21 bits per heavy atom. The normalized spacial score (nSPS) is 12.3. The number of anilines is 2. The van der Waals surface area contributed by atoms with Gasteiger partial charge in [0.25, 0.3) is 0 Å². The topological polar surface area (TPSA) is 66.8 Å². The monoisotopic (exact) mass is 548 g/mol. The van der Waals surface area contributed by atoms with Crippen LogP contribution in [0.2, 0.25) is 0 Å². The van der Waals surface area contributed by atoms with Crippen molar-refractivity contribution in [2.24, 2.45) is 0 Å². The molecule has 0 unspecified atom stereocenters. The predicted molar refractivity (Wildman–Crippen MR) is 136 cm³/mol. The number of nitrogens with one attached hydrogen (secondary N) is 1. The van der Waals surface area contributed by atoms with Crippen LogP contribution in [0.4, 0.5) is 37.8 Å². The fourth-order valence-electron chi connectivity index (χ4n) is 4.23. The van der Waals surface area contributed by atoms with E-state index in [1.807, 2.05) is 13.8 Å². The molecule has 0 aliphatic rings. The molecule has 6 nitrogen and oxygen atoms in total. The number of rotatable bonds is 9. The van der Waals surface area contributed by atoms with Gasteiger partial charge in [-0.1, -0.05) is 19.9 Å². The molecule has 12 heteroatoms. The molecule has 0 aliphatic carbocycles. The van der Waals surface area contributed by atoms with Gasteiger partial charge in [-0.15, -0.1) is 0 Å². The lowest BCUT2D eigenvalue weighted by molar-refractivity contribution is -0.141. The number of aromatic nitrogens is 4. The van der Waals surface area contributed by atoms with E-state index < -0.39 is 23.6 Å². The molecule has 0 spiro atoms. The summed E-state index contributed by atoms with van der Waals surface area (Å²) in [6, 6.07) is 8.85. The number of halogens is 6. The van der Waals surface area contributed by atoms with Gasteiger partial charge >= 0.3 is 12.4 Å². The molecule has 0 aliphatic heterocycles. The quantitative estimate of drug-likeness (QED) is 0.219. The summed E-state index contributed by atoms with van der Waals surface area (Å²) in [5.74, 6) is 0.717. The van der Waals surface area contributed by atoms with Crippen molar-refractivity contribution in [1.29, 1.82) is 0 Å². The molecule has 206 valence electrons. The highest BCUT2D eigenvalue weighted by molar-refractivity contribution is 5.93. The van der Waals surface area contributed by atoms with Gasteiger partial charge in [0.2, 0.25) is 0 Å². The molecule has 0 bridgehead atoms. The van der Waals surface area contributed by atoms with E-state index in [2.05, 4.69) is 30.2 Å². The Morgan fingerprint density at radius 2 is 1.59 bits per heavy atom. The van der Waals surface area contributed by atoms with E-state index in [1.165, 1.54) is 30.5 Å². The van der Waals surface area contributed by atoms with Crippen LogP contribution in [0, 0.1) is 0 Å². The number of hydrogen-bond donors (Lipinski definition) is 1. The molecule has 39 heavy (non-hydrogen) atoms. The average molecular weight is 549 g/mol. The van der Waals surface area contributed by atoms with Crippen molar-refractivity contribution in [1.82, 2.24) is 24.8 Å². The summed E-state index contributed by atoms with van der Waals surface area (Å²) in [7, 11) is 0.